The van der Waals surface area contributed by atoms with Gasteiger partial charge in [0.15, 0.2) is 4.34 Å². The van der Waals surface area contributed by atoms with Gasteiger partial charge in [0.05, 0.1) is 10.2 Å². The molecule has 5 nitrogen and oxygen atoms in total. The summed E-state index contributed by atoms with van der Waals surface area (Å²) in [7, 11) is 0. The van der Waals surface area contributed by atoms with E-state index < -0.39 is 0 Å². The Kier molecular flexibility index (Phi) is 3.22. The molecule has 0 aliphatic rings. The van der Waals surface area contributed by atoms with E-state index in [2.05, 4.69) is 15.3 Å². The Morgan fingerprint density at radius 2 is 2.37 bits per heavy atom. The molecule has 96 valence electrons. The van der Waals surface area contributed by atoms with Gasteiger partial charge in [0.25, 0.3) is 0 Å². The number of thioether (sulfide) groups is 1. The van der Waals surface area contributed by atoms with E-state index in [4.69, 9.17) is 0 Å². The first-order chi connectivity index (χ1) is 9.26. The number of aromatic nitrogens is 3. The van der Waals surface area contributed by atoms with Gasteiger partial charge in [0, 0.05) is 18.1 Å². The highest BCUT2D eigenvalue weighted by molar-refractivity contribution is 8.00. The van der Waals surface area contributed by atoms with Crippen LogP contribution in [-0.4, -0.2) is 26.8 Å². The fraction of sp³-hybridized carbons (Fsp3) is 0.0833. The second-order valence-corrected chi connectivity index (χ2v) is 5.85. The third-order valence-corrected chi connectivity index (χ3v) is 4.54. The van der Waals surface area contributed by atoms with Gasteiger partial charge >= 0.3 is 6.03 Å². The zero-order chi connectivity index (χ0) is 13.2. The van der Waals surface area contributed by atoms with E-state index in [9.17, 15) is 4.79 Å². The maximum absolute atomic E-state index is 11.9. The van der Waals surface area contributed by atoms with Crippen LogP contribution < -0.4 is 5.32 Å². The average Bonchev–Trinajstić information content (AvgIpc) is 3.07. The van der Waals surface area contributed by atoms with Gasteiger partial charge in [0.1, 0.15) is 6.33 Å². The third kappa shape index (κ3) is 2.47. The molecule has 0 aliphatic heterocycles. The van der Waals surface area contributed by atoms with Gasteiger partial charge < -0.3 is 5.32 Å². The van der Waals surface area contributed by atoms with E-state index >= 15 is 0 Å². The highest BCUT2D eigenvalue weighted by Gasteiger charge is 2.07. The minimum absolute atomic E-state index is 0.230. The molecule has 0 saturated carbocycles. The smallest absolute Gasteiger partial charge is 0.307 e. The summed E-state index contributed by atoms with van der Waals surface area (Å²) in [5.41, 5.74) is 1.71. The third-order valence-electron chi connectivity index (χ3n) is 2.53. The normalized spacial score (nSPS) is 10.8. The lowest BCUT2D eigenvalue weighted by Crippen LogP contribution is -2.17. The highest BCUT2D eigenvalue weighted by Crippen LogP contribution is 2.29. The van der Waals surface area contributed by atoms with Crippen LogP contribution in [0.5, 0.6) is 0 Å². The Morgan fingerprint density at radius 3 is 3.11 bits per heavy atom. The van der Waals surface area contributed by atoms with Gasteiger partial charge in [0.2, 0.25) is 0 Å². The van der Waals surface area contributed by atoms with Gasteiger partial charge in [-0.2, -0.15) is 0 Å². The fourth-order valence-electron chi connectivity index (χ4n) is 1.64. The zero-order valence-corrected chi connectivity index (χ0v) is 11.7. The number of hydrogen-bond acceptors (Lipinski definition) is 5. The van der Waals surface area contributed by atoms with E-state index in [0.717, 1.165) is 20.2 Å². The van der Waals surface area contributed by atoms with Crippen LogP contribution in [0.4, 0.5) is 10.5 Å². The van der Waals surface area contributed by atoms with Gasteiger partial charge in [-0.15, -0.1) is 11.3 Å². The Balaban J connectivity index is 1.87. The van der Waals surface area contributed by atoms with Crippen molar-refractivity contribution in [2.24, 2.45) is 0 Å². The SMILES string of the molecule is CSc1nc2ccc(NC(=O)n3ccnc3)cc2s1. The minimum atomic E-state index is -0.230. The van der Waals surface area contributed by atoms with Gasteiger partial charge in [-0.05, 0) is 24.5 Å². The molecule has 0 bridgehead atoms. The lowest BCUT2D eigenvalue weighted by atomic mass is 10.3. The standard InChI is InChI=1S/C12H10N4OS2/c1-18-12-15-9-3-2-8(6-10(9)19-12)14-11(17)16-5-4-13-7-16/h2-7H,1H3,(H,14,17). The molecule has 1 N–H and O–H groups in total. The molecule has 0 unspecified atom stereocenters. The largest absolute Gasteiger partial charge is 0.331 e. The number of nitrogens with one attached hydrogen (secondary N) is 1. The van der Waals surface area contributed by atoms with Crippen molar-refractivity contribution < 1.29 is 4.79 Å². The average molecular weight is 290 g/mol. The first-order valence-corrected chi connectivity index (χ1v) is 7.54. The molecule has 1 aromatic carbocycles. The van der Waals surface area contributed by atoms with E-state index in [1.807, 2.05) is 24.5 Å². The molecule has 19 heavy (non-hydrogen) atoms. The molecule has 0 radical (unpaired) electrons. The molecule has 0 atom stereocenters. The van der Waals surface area contributed by atoms with Crippen molar-refractivity contribution in [2.75, 3.05) is 11.6 Å². The van der Waals surface area contributed by atoms with Crippen molar-refractivity contribution in [3.05, 3.63) is 36.9 Å². The maximum atomic E-state index is 11.9. The van der Waals surface area contributed by atoms with Crippen LogP contribution in [-0.2, 0) is 0 Å². The second-order valence-electron chi connectivity index (χ2n) is 3.77. The summed E-state index contributed by atoms with van der Waals surface area (Å²) >= 11 is 3.24. The summed E-state index contributed by atoms with van der Waals surface area (Å²) in [5.74, 6) is 0. The van der Waals surface area contributed by atoms with E-state index in [1.165, 1.54) is 10.9 Å². The van der Waals surface area contributed by atoms with Crippen molar-refractivity contribution in [3.8, 4) is 0 Å². The van der Waals surface area contributed by atoms with Crippen molar-refractivity contribution in [1.82, 2.24) is 14.5 Å². The van der Waals surface area contributed by atoms with Crippen molar-refractivity contribution in [2.45, 2.75) is 4.34 Å². The summed E-state index contributed by atoms with van der Waals surface area (Å²) in [6.07, 6.45) is 6.63. The van der Waals surface area contributed by atoms with Crippen molar-refractivity contribution >= 4 is 45.0 Å². The summed E-state index contributed by atoms with van der Waals surface area (Å²) in [5, 5.41) is 2.82. The van der Waals surface area contributed by atoms with Crippen LogP contribution in [0.1, 0.15) is 0 Å². The number of anilines is 1. The predicted octanol–water partition coefficient (Wildman–Crippen LogP) is 3.29. The Labute approximate surface area is 117 Å². The summed E-state index contributed by atoms with van der Waals surface area (Å²) < 4.78 is 3.48. The second kappa shape index (κ2) is 5.02. The zero-order valence-electron chi connectivity index (χ0n) is 10.0. The molecule has 3 rings (SSSR count). The number of carbonyl (C=O) groups excluding carboxylic acids is 1. The summed E-state index contributed by atoms with van der Waals surface area (Å²) in [6, 6.07) is 5.46. The number of benzene rings is 1. The fourth-order valence-corrected chi connectivity index (χ4v) is 3.16. The molecule has 2 heterocycles. The number of carbonyl (C=O) groups is 1. The molecule has 0 fully saturated rings. The molecule has 2 aromatic heterocycles. The van der Waals surface area contributed by atoms with Gasteiger partial charge in [-0.25, -0.2) is 14.8 Å². The molecule has 0 spiro atoms. The summed E-state index contributed by atoms with van der Waals surface area (Å²) in [6.45, 7) is 0. The summed E-state index contributed by atoms with van der Waals surface area (Å²) in [4.78, 5) is 20.2. The van der Waals surface area contributed by atoms with Crippen molar-refractivity contribution in [3.63, 3.8) is 0 Å². The Hall–Kier alpha value is -1.86. The first-order valence-electron chi connectivity index (χ1n) is 5.50. The number of rotatable bonds is 2. The quantitative estimate of drug-likeness (QED) is 0.736. The van der Waals surface area contributed by atoms with Crippen LogP contribution >= 0.6 is 23.1 Å². The molecular formula is C12H10N4OS2. The van der Waals surface area contributed by atoms with Crippen LogP contribution in [0.25, 0.3) is 10.2 Å². The van der Waals surface area contributed by atoms with Crippen molar-refractivity contribution in [1.29, 1.82) is 0 Å². The first kappa shape index (κ1) is 12.2. The molecule has 0 saturated heterocycles. The number of imidazole rings is 1. The van der Waals surface area contributed by atoms with E-state index in [0.29, 0.717) is 0 Å². The van der Waals surface area contributed by atoms with E-state index in [-0.39, 0.29) is 6.03 Å². The van der Waals surface area contributed by atoms with Gasteiger partial charge in [-0.3, -0.25) is 4.57 Å². The highest BCUT2D eigenvalue weighted by atomic mass is 32.2. The maximum Gasteiger partial charge on any atom is 0.331 e. The van der Waals surface area contributed by atoms with Gasteiger partial charge in [-0.1, -0.05) is 11.8 Å². The monoisotopic (exact) mass is 290 g/mol. The number of hydrogen-bond donors (Lipinski definition) is 1. The number of amides is 1. The lowest BCUT2D eigenvalue weighted by molar-refractivity contribution is 0.253. The number of thiazole rings is 1. The molecule has 0 aliphatic carbocycles. The molecular weight excluding hydrogens is 280 g/mol. The number of fused-ring (bicyclic) bond motifs is 1. The lowest BCUT2D eigenvalue weighted by Gasteiger charge is -2.04. The van der Waals surface area contributed by atoms with Crippen LogP contribution in [0.3, 0.4) is 0 Å². The molecule has 1 amide bonds. The Morgan fingerprint density at radius 1 is 1.47 bits per heavy atom. The topological polar surface area (TPSA) is 59.8 Å². The van der Waals surface area contributed by atoms with Crippen LogP contribution in [0.2, 0.25) is 0 Å². The Bertz CT molecular complexity index is 720. The van der Waals surface area contributed by atoms with E-state index in [1.54, 1.807) is 35.5 Å². The minimum Gasteiger partial charge on any atom is -0.307 e. The van der Waals surface area contributed by atoms with Crippen LogP contribution in [0.15, 0.2) is 41.3 Å². The van der Waals surface area contributed by atoms with Crippen LogP contribution in [0, 0.1) is 0 Å². The molecule has 3 aromatic rings. The number of nitrogens with zero attached hydrogens (tertiary/aromatic N) is 3. The molecule has 7 heteroatoms. The predicted molar refractivity (Wildman–Crippen MR) is 78.0 cm³/mol.